The Morgan fingerprint density at radius 1 is 1.16 bits per heavy atom. The van der Waals surface area contributed by atoms with Crippen LogP contribution in [0.4, 0.5) is 0 Å². The summed E-state index contributed by atoms with van der Waals surface area (Å²) >= 11 is 0. The van der Waals surface area contributed by atoms with E-state index in [0.29, 0.717) is 13.1 Å². The fraction of sp³-hybridized carbons (Fsp3) is 0.143. The Morgan fingerprint density at radius 2 is 1.84 bits per heavy atom. The number of benzene rings is 1. The van der Waals surface area contributed by atoms with Gasteiger partial charge in [0.2, 0.25) is 0 Å². The molecule has 1 aromatic carbocycles. The number of nitrogens with one attached hydrogen (secondary N) is 2. The Hall–Kier alpha value is -2.40. The van der Waals surface area contributed by atoms with Gasteiger partial charge in [-0.2, -0.15) is 0 Å². The molecule has 0 spiro atoms. The van der Waals surface area contributed by atoms with Crippen molar-refractivity contribution in [2.24, 2.45) is 5.73 Å². The average Bonchev–Trinajstić information content (AvgIpc) is 2.46. The molecule has 1 heterocycles. The van der Waals surface area contributed by atoms with Gasteiger partial charge in [0.15, 0.2) is 0 Å². The molecule has 0 atom stereocenters. The number of H-pyrrole nitrogens is 1. The molecular weight excluding hydrogens is 242 g/mol. The Morgan fingerprint density at radius 3 is 2.47 bits per heavy atom. The number of nitrogens with two attached hydrogens (primary N) is 1. The average molecular weight is 257 g/mol. The molecule has 0 saturated heterocycles. The number of pyridine rings is 1. The third-order valence-electron chi connectivity index (χ3n) is 2.77. The zero-order chi connectivity index (χ0) is 13.7. The van der Waals surface area contributed by atoms with Crippen LogP contribution >= 0.6 is 0 Å². The van der Waals surface area contributed by atoms with E-state index in [9.17, 15) is 9.59 Å². The van der Waals surface area contributed by atoms with Crippen LogP contribution in [0.25, 0.3) is 0 Å². The van der Waals surface area contributed by atoms with Gasteiger partial charge in [-0.25, -0.2) is 0 Å². The smallest absolute Gasteiger partial charge is 0.260 e. The van der Waals surface area contributed by atoms with Crippen molar-refractivity contribution >= 4 is 5.91 Å². The minimum atomic E-state index is -0.390. The highest BCUT2D eigenvalue weighted by atomic mass is 16.2. The monoisotopic (exact) mass is 257 g/mol. The van der Waals surface area contributed by atoms with Gasteiger partial charge in [0.25, 0.3) is 11.5 Å². The third-order valence-corrected chi connectivity index (χ3v) is 2.77. The van der Waals surface area contributed by atoms with Crippen LogP contribution in [0.3, 0.4) is 0 Å². The van der Waals surface area contributed by atoms with Crippen LogP contribution in [-0.4, -0.2) is 10.9 Å². The van der Waals surface area contributed by atoms with Crippen molar-refractivity contribution < 1.29 is 4.79 Å². The Balaban J connectivity index is 2.00. The van der Waals surface area contributed by atoms with Crippen molar-refractivity contribution in [3.63, 3.8) is 0 Å². The van der Waals surface area contributed by atoms with E-state index in [4.69, 9.17) is 5.73 Å². The van der Waals surface area contributed by atoms with Gasteiger partial charge in [-0.05, 0) is 23.3 Å². The summed E-state index contributed by atoms with van der Waals surface area (Å²) in [5.41, 5.74) is 7.22. The number of carbonyl (C=O) groups is 1. The van der Waals surface area contributed by atoms with Crippen LogP contribution in [0.15, 0.2) is 47.4 Å². The molecule has 2 aromatic rings. The highest BCUT2D eigenvalue weighted by Gasteiger charge is 2.08. The molecule has 0 radical (unpaired) electrons. The van der Waals surface area contributed by atoms with Crippen molar-refractivity contribution in [1.82, 2.24) is 10.3 Å². The lowest BCUT2D eigenvalue weighted by atomic mass is 10.1. The van der Waals surface area contributed by atoms with Gasteiger partial charge in [0, 0.05) is 19.3 Å². The summed E-state index contributed by atoms with van der Waals surface area (Å²) in [4.78, 5) is 25.7. The van der Waals surface area contributed by atoms with Crippen LogP contribution < -0.4 is 16.6 Å². The molecule has 5 nitrogen and oxygen atoms in total. The Labute approximate surface area is 110 Å². The first-order valence-corrected chi connectivity index (χ1v) is 5.94. The molecular formula is C14H15N3O2. The number of hydrogen-bond donors (Lipinski definition) is 3. The standard InChI is InChI=1S/C14H15N3O2/c15-8-10-3-5-11(6-4-10)9-17-14(19)12-2-1-7-16-13(12)18/h1-7H,8-9,15H2,(H,16,18)(H,17,19). The van der Waals surface area contributed by atoms with E-state index in [2.05, 4.69) is 10.3 Å². The lowest BCUT2D eigenvalue weighted by molar-refractivity contribution is 0.0949. The second kappa shape index (κ2) is 5.97. The van der Waals surface area contributed by atoms with E-state index in [1.165, 1.54) is 12.3 Å². The van der Waals surface area contributed by atoms with Crippen molar-refractivity contribution in [3.05, 3.63) is 69.6 Å². The molecule has 98 valence electrons. The van der Waals surface area contributed by atoms with Crippen LogP contribution in [0.5, 0.6) is 0 Å². The Kier molecular flexibility index (Phi) is 4.10. The second-order valence-electron chi connectivity index (χ2n) is 4.12. The quantitative estimate of drug-likeness (QED) is 0.755. The van der Waals surface area contributed by atoms with Crippen LogP contribution in [0.2, 0.25) is 0 Å². The second-order valence-corrected chi connectivity index (χ2v) is 4.12. The van der Waals surface area contributed by atoms with Crippen LogP contribution in [-0.2, 0) is 13.1 Å². The molecule has 1 amide bonds. The van der Waals surface area contributed by atoms with Gasteiger partial charge >= 0.3 is 0 Å². The zero-order valence-corrected chi connectivity index (χ0v) is 10.3. The molecule has 0 aliphatic rings. The summed E-state index contributed by atoms with van der Waals surface area (Å²) in [5.74, 6) is -0.384. The SMILES string of the molecule is NCc1ccc(CNC(=O)c2ccc[nH]c2=O)cc1. The minimum Gasteiger partial charge on any atom is -0.348 e. The molecule has 0 fully saturated rings. The molecule has 0 bridgehead atoms. The fourth-order valence-electron chi connectivity index (χ4n) is 1.67. The lowest BCUT2D eigenvalue weighted by Crippen LogP contribution is -2.28. The highest BCUT2D eigenvalue weighted by Crippen LogP contribution is 2.03. The fourth-order valence-corrected chi connectivity index (χ4v) is 1.67. The number of aromatic nitrogens is 1. The number of rotatable bonds is 4. The topological polar surface area (TPSA) is 88.0 Å². The molecule has 0 saturated carbocycles. The number of amides is 1. The third kappa shape index (κ3) is 3.29. The molecule has 0 unspecified atom stereocenters. The minimum absolute atomic E-state index is 0.112. The first-order chi connectivity index (χ1) is 9.20. The summed E-state index contributed by atoms with van der Waals surface area (Å²) < 4.78 is 0. The summed E-state index contributed by atoms with van der Waals surface area (Å²) in [6.07, 6.45) is 1.49. The van der Waals surface area contributed by atoms with Gasteiger partial charge in [-0.15, -0.1) is 0 Å². The largest absolute Gasteiger partial charge is 0.348 e. The summed E-state index contributed by atoms with van der Waals surface area (Å²) in [6.45, 7) is 0.865. The predicted molar refractivity (Wildman–Crippen MR) is 72.6 cm³/mol. The Bertz CT molecular complexity index is 617. The normalized spacial score (nSPS) is 10.2. The van der Waals surface area contributed by atoms with Crippen molar-refractivity contribution in [3.8, 4) is 0 Å². The maximum Gasteiger partial charge on any atom is 0.260 e. The maximum atomic E-state index is 11.8. The van der Waals surface area contributed by atoms with Crippen LogP contribution in [0.1, 0.15) is 21.5 Å². The summed E-state index contributed by atoms with van der Waals surface area (Å²) in [6, 6.07) is 10.7. The van der Waals surface area contributed by atoms with E-state index < -0.39 is 5.56 Å². The van der Waals surface area contributed by atoms with Gasteiger partial charge < -0.3 is 16.0 Å². The van der Waals surface area contributed by atoms with Crippen molar-refractivity contribution in [1.29, 1.82) is 0 Å². The summed E-state index contributed by atoms with van der Waals surface area (Å²) in [7, 11) is 0. The molecule has 1 aromatic heterocycles. The van der Waals surface area contributed by atoms with Crippen LogP contribution in [0, 0.1) is 0 Å². The van der Waals surface area contributed by atoms with Gasteiger partial charge in [-0.3, -0.25) is 9.59 Å². The first-order valence-electron chi connectivity index (χ1n) is 5.94. The van der Waals surface area contributed by atoms with Gasteiger partial charge in [0.05, 0.1) is 0 Å². The molecule has 4 N–H and O–H groups in total. The number of aromatic amines is 1. The van der Waals surface area contributed by atoms with E-state index in [1.807, 2.05) is 24.3 Å². The van der Waals surface area contributed by atoms with E-state index in [-0.39, 0.29) is 11.5 Å². The van der Waals surface area contributed by atoms with Crippen molar-refractivity contribution in [2.45, 2.75) is 13.1 Å². The van der Waals surface area contributed by atoms with Crippen molar-refractivity contribution in [2.75, 3.05) is 0 Å². The van der Waals surface area contributed by atoms with E-state index in [0.717, 1.165) is 11.1 Å². The molecule has 5 heteroatoms. The molecule has 2 rings (SSSR count). The molecule has 0 aliphatic heterocycles. The van der Waals surface area contributed by atoms with Gasteiger partial charge in [0.1, 0.15) is 5.56 Å². The molecule has 0 aliphatic carbocycles. The lowest BCUT2D eigenvalue weighted by Gasteiger charge is -2.05. The maximum absolute atomic E-state index is 11.8. The zero-order valence-electron chi connectivity index (χ0n) is 10.3. The first kappa shape index (κ1) is 13.0. The van der Waals surface area contributed by atoms with E-state index >= 15 is 0 Å². The van der Waals surface area contributed by atoms with Gasteiger partial charge in [-0.1, -0.05) is 24.3 Å². The number of hydrogen-bond acceptors (Lipinski definition) is 3. The highest BCUT2D eigenvalue weighted by molar-refractivity contribution is 5.93. The predicted octanol–water partition coefficient (Wildman–Crippen LogP) is 0.764. The number of carbonyl (C=O) groups excluding carboxylic acids is 1. The van der Waals surface area contributed by atoms with E-state index in [1.54, 1.807) is 6.07 Å². The summed E-state index contributed by atoms with van der Waals surface area (Å²) in [5, 5.41) is 2.70. The molecule has 19 heavy (non-hydrogen) atoms.